The molecule has 2 aliphatic rings. The molecule has 2 aromatic rings. The predicted octanol–water partition coefficient (Wildman–Crippen LogP) is 5.85. The van der Waals surface area contributed by atoms with Crippen LogP contribution in [0.4, 0.5) is 36.8 Å². The maximum absolute atomic E-state index is 13.1. The molecule has 0 aromatic heterocycles. The van der Waals surface area contributed by atoms with Crippen LogP contribution in [0.5, 0.6) is 0 Å². The second kappa shape index (κ2) is 8.82. The highest BCUT2D eigenvalue weighted by atomic mass is 19.4. The van der Waals surface area contributed by atoms with E-state index in [2.05, 4.69) is 10.5 Å². The number of amides is 1. The fraction of sp³-hybridized carbons (Fsp3) is 0.364. The maximum atomic E-state index is 13.1. The number of oxime groups is 1. The first-order valence-corrected chi connectivity index (χ1v) is 10.3. The molecule has 6 nitrogen and oxygen atoms in total. The third-order valence-corrected chi connectivity index (χ3v) is 5.70. The first kappa shape index (κ1) is 23.9. The summed E-state index contributed by atoms with van der Waals surface area (Å²) in [7, 11) is 0. The highest BCUT2D eigenvalue weighted by molar-refractivity contribution is 6.01. The van der Waals surface area contributed by atoms with Crippen molar-refractivity contribution in [1.82, 2.24) is 5.06 Å². The molecule has 1 amide bonds. The molecule has 182 valence electrons. The van der Waals surface area contributed by atoms with Crippen LogP contribution < -0.4 is 5.32 Å². The molecule has 0 bridgehead atoms. The lowest BCUT2D eigenvalue weighted by Gasteiger charge is -2.35. The number of nitrogens with zero attached hydrogens (tertiary/aromatic N) is 2. The van der Waals surface area contributed by atoms with Gasteiger partial charge in [-0.05, 0) is 29.8 Å². The quantitative estimate of drug-likeness (QED) is 0.552. The minimum atomic E-state index is -4.63. The lowest BCUT2D eigenvalue weighted by Crippen LogP contribution is -2.45. The number of rotatable bonds is 3. The number of anilines is 1. The minimum absolute atomic E-state index is 0.240. The van der Waals surface area contributed by atoms with Crippen molar-refractivity contribution in [2.45, 2.75) is 37.2 Å². The normalized spacial score (nSPS) is 18.4. The molecular formula is C22H19F6N3O3. The summed E-state index contributed by atoms with van der Waals surface area (Å²) >= 11 is 0. The molecule has 12 heteroatoms. The standard InChI is InChI=1S/C22H19F6N3O3/c23-21(24,25)15-7-5-14(6-8-15)18-13-20(34-30-18)9-11-31(12-10-20)33-19(32)29-17-4-2-1-3-16(17)22(26,27)28/h1-8H,9-13H2,(H,29,32). The van der Waals surface area contributed by atoms with Gasteiger partial charge in [-0.15, -0.1) is 5.06 Å². The van der Waals surface area contributed by atoms with Crippen LogP contribution in [0.3, 0.4) is 0 Å². The van der Waals surface area contributed by atoms with Gasteiger partial charge in [0.1, 0.15) is 5.60 Å². The molecule has 2 aromatic carbocycles. The van der Waals surface area contributed by atoms with Gasteiger partial charge in [0, 0.05) is 32.4 Å². The number of carbonyl (C=O) groups excluding carboxylic acids is 1. The number of para-hydroxylation sites is 1. The van der Waals surface area contributed by atoms with Gasteiger partial charge < -0.3 is 9.68 Å². The Hall–Kier alpha value is -3.28. The van der Waals surface area contributed by atoms with Gasteiger partial charge in [0.2, 0.25) is 0 Å². The summed E-state index contributed by atoms with van der Waals surface area (Å²) in [6, 6.07) is 9.20. The fourth-order valence-corrected chi connectivity index (χ4v) is 3.87. The van der Waals surface area contributed by atoms with Crippen LogP contribution >= 0.6 is 0 Å². The van der Waals surface area contributed by atoms with Gasteiger partial charge in [0.15, 0.2) is 0 Å². The Morgan fingerprint density at radius 3 is 2.24 bits per heavy atom. The zero-order chi connectivity index (χ0) is 24.6. The Morgan fingerprint density at radius 2 is 1.62 bits per heavy atom. The number of hydroxylamine groups is 2. The van der Waals surface area contributed by atoms with Crippen molar-refractivity contribution >= 4 is 17.5 Å². The highest BCUT2D eigenvalue weighted by Gasteiger charge is 2.43. The van der Waals surface area contributed by atoms with Crippen LogP contribution in [-0.4, -0.2) is 35.6 Å². The number of alkyl halides is 6. The monoisotopic (exact) mass is 487 g/mol. The average Bonchev–Trinajstić information content (AvgIpc) is 3.18. The lowest BCUT2D eigenvalue weighted by atomic mass is 9.86. The molecule has 4 rings (SSSR count). The number of halogens is 6. The number of nitrogens with one attached hydrogen (secondary N) is 1. The third kappa shape index (κ3) is 5.27. The molecule has 0 saturated carbocycles. The number of benzene rings is 2. The molecule has 1 fully saturated rings. The molecule has 1 spiro atoms. The van der Waals surface area contributed by atoms with Gasteiger partial charge >= 0.3 is 18.4 Å². The maximum Gasteiger partial charge on any atom is 0.430 e. The van der Waals surface area contributed by atoms with Crippen LogP contribution in [0.15, 0.2) is 53.7 Å². The molecule has 0 radical (unpaired) electrons. The van der Waals surface area contributed by atoms with Crippen molar-refractivity contribution in [2.75, 3.05) is 18.4 Å². The average molecular weight is 487 g/mol. The van der Waals surface area contributed by atoms with Crippen molar-refractivity contribution in [3.8, 4) is 0 Å². The van der Waals surface area contributed by atoms with E-state index < -0.39 is 40.9 Å². The van der Waals surface area contributed by atoms with E-state index in [4.69, 9.17) is 9.68 Å². The van der Waals surface area contributed by atoms with Gasteiger partial charge in [-0.1, -0.05) is 29.4 Å². The summed E-state index contributed by atoms with van der Waals surface area (Å²) in [5.74, 6) is 0. The molecule has 1 saturated heterocycles. The predicted molar refractivity (Wildman–Crippen MR) is 109 cm³/mol. The Morgan fingerprint density at radius 1 is 0.971 bits per heavy atom. The first-order valence-electron chi connectivity index (χ1n) is 10.3. The molecular weight excluding hydrogens is 468 g/mol. The van der Waals surface area contributed by atoms with E-state index in [0.717, 1.165) is 24.3 Å². The Balaban J connectivity index is 1.30. The second-order valence-corrected chi connectivity index (χ2v) is 8.04. The Bertz CT molecular complexity index is 1070. The molecule has 1 N–H and O–H groups in total. The second-order valence-electron chi connectivity index (χ2n) is 8.04. The van der Waals surface area contributed by atoms with E-state index in [0.29, 0.717) is 30.5 Å². The van der Waals surface area contributed by atoms with Crippen molar-refractivity contribution in [1.29, 1.82) is 0 Å². The highest BCUT2D eigenvalue weighted by Crippen LogP contribution is 2.37. The zero-order valence-electron chi connectivity index (χ0n) is 17.5. The third-order valence-electron chi connectivity index (χ3n) is 5.70. The summed E-state index contributed by atoms with van der Waals surface area (Å²) < 4.78 is 77.5. The van der Waals surface area contributed by atoms with E-state index in [9.17, 15) is 31.1 Å². The molecule has 0 unspecified atom stereocenters. The number of carbonyl (C=O) groups is 1. The zero-order valence-corrected chi connectivity index (χ0v) is 17.5. The Labute approximate surface area is 190 Å². The summed E-state index contributed by atoms with van der Waals surface area (Å²) in [5.41, 5.74) is -1.81. The van der Waals surface area contributed by atoms with Crippen LogP contribution in [0.25, 0.3) is 0 Å². The van der Waals surface area contributed by atoms with Crippen LogP contribution in [0, 0.1) is 0 Å². The summed E-state index contributed by atoms with van der Waals surface area (Å²) in [4.78, 5) is 22.9. The first-order chi connectivity index (χ1) is 16.0. The van der Waals surface area contributed by atoms with E-state index in [-0.39, 0.29) is 13.1 Å². The lowest BCUT2D eigenvalue weighted by molar-refractivity contribution is -0.154. The number of hydrogen-bond donors (Lipinski definition) is 1. The smallest absolute Gasteiger partial charge is 0.388 e. The minimum Gasteiger partial charge on any atom is -0.388 e. The van der Waals surface area contributed by atoms with E-state index in [1.54, 1.807) is 0 Å². The molecule has 2 aliphatic heterocycles. The van der Waals surface area contributed by atoms with Crippen molar-refractivity contribution in [2.24, 2.45) is 5.16 Å². The van der Waals surface area contributed by atoms with Crippen molar-refractivity contribution in [3.05, 3.63) is 65.2 Å². The number of hydrogen-bond acceptors (Lipinski definition) is 5. The molecule has 0 aliphatic carbocycles. The molecule has 2 heterocycles. The van der Waals surface area contributed by atoms with Crippen LogP contribution in [0.1, 0.15) is 36.0 Å². The van der Waals surface area contributed by atoms with Gasteiger partial charge in [-0.25, -0.2) is 4.79 Å². The van der Waals surface area contributed by atoms with Gasteiger partial charge in [0.05, 0.1) is 22.5 Å². The Kier molecular flexibility index (Phi) is 6.19. The van der Waals surface area contributed by atoms with Gasteiger partial charge in [0.25, 0.3) is 0 Å². The van der Waals surface area contributed by atoms with Crippen LogP contribution in [0.2, 0.25) is 0 Å². The van der Waals surface area contributed by atoms with Gasteiger partial charge in [-0.2, -0.15) is 26.3 Å². The van der Waals surface area contributed by atoms with E-state index in [1.807, 2.05) is 0 Å². The summed E-state index contributed by atoms with van der Waals surface area (Å²) in [6.45, 7) is 0.480. The van der Waals surface area contributed by atoms with Crippen molar-refractivity contribution < 1.29 is 40.8 Å². The summed E-state index contributed by atoms with van der Waals surface area (Å²) in [6.07, 6.45) is -8.95. The van der Waals surface area contributed by atoms with Crippen LogP contribution in [-0.2, 0) is 22.0 Å². The van der Waals surface area contributed by atoms with E-state index in [1.165, 1.54) is 29.3 Å². The molecule has 0 atom stereocenters. The van der Waals surface area contributed by atoms with Crippen molar-refractivity contribution in [3.63, 3.8) is 0 Å². The molecule has 34 heavy (non-hydrogen) atoms. The SMILES string of the molecule is O=C(Nc1ccccc1C(F)(F)F)ON1CCC2(CC1)CC(c1ccc(C(F)(F)F)cc1)=NO2. The largest absolute Gasteiger partial charge is 0.430 e. The summed E-state index contributed by atoms with van der Waals surface area (Å²) in [5, 5.41) is 7.47. The van der Waals surface area contributed by atoms with E-state index >= 15 is 0 Å². The topological polar surface area (TPSA) is 63.2 Å². The number of piperidine rings is 1. The fourth-order valence-electron chi connectivity index (χ4n) is 3.87. The van der Waals surface area contributed by atoms with Gasteiger partial charge in [-0.3, -0.25) is 5.32 Å².